The van der Waals surface area contributed by atoms with E-state index in [0.29, 0.717) is 5.41 Å². The minimum Gasteiger partial charge on any atom is -0.261 e. The van der Waals surface area contributed by atoms with E-state index in [9.17, 15) is 0 Å². The molecule has 0 aromatic heterocycles. The maximum atomic E-state index is 4.37. The fraction of sp³-hybridized carbons (Fsp3) is 0.417. The van der Waals surface area contributed by atoms with E-state index in [4.69, 9.17) is 0 Å². The molecule has 70 valence electrons. The summed E-state index contributed by atoms with van der Waals surface area (Å²) < 4.78 is 0. The van der Waals surface area contributed by atoms with Crippen LogP contribution in [0, 0.1) is 5.41 Å². The lowest BCUT2D eigenvalue weighted by Gasteiger charge is -2.17. The van der Waals surface area contributed by atoms with E-state index in [2.05, 4.69) is 31.8 Å². The number of aliphatic imine (C=N–C) groups is 1. The van der Waals surface area contributed by atoms with Crippen molar-refractivity contribution >= 4 is 5.71 Å². The summed E-state index contributed by atoms with van der Waals surface area (Å²) in [5.74, 6) is 0. The number of hydrogen-bond donors (Lipinski definition) is 0. The summed E-state index contributed by atoms with van der Waals surface area (Å²) in [5, 5.41) is 0. The van der Waals surface area contributed by atoms with Crippen LogP contribution in [0.1, 0.15) is 27.2 Å². The lowest BCUT2D eigenvalue weighted by Crippen LogP contribution is -2.11. The second kappa shape index (κ2) is 4.22. The van der Waals surface area contributed by atoms with Crippen molar-refractivity contribution in [1.82, 2.24) is 0 Å². The Bertz CT molecular complexity index is 272. The maximum absolute atomic E-state index is 4.37. The van der Waals surface area contributed by atoms with Gasteiger partial charge in [0.25, 0.3) is 0 Å². The van der Waals surface area contributed by atoms with Crippen molar-refractivity contribution in [1.29, 1.82) is 0 Å². The van der Waals surface area contributed by atoms with Crippen LogP contribution in [0.3, 0.4) is 0 Å². The first-order valence-electron chi connectivity index (χ1n) is 4.64. The standard InChI is InChI=1S/C12H17N/c1-12(2,3)10-11-8-6-4-5-7-9-13-11/h4-9H,10H2,1-3H3/b5-4-,6-4?,7-5?,8-6-,9-7-,11-8?,13-9?,13-11+. The Kier molecular flexibility index (Phi) is 3.24. The highest BCUT2D eigenvalue weighted by molar-refractivity contribution is 5.96. The van der Waals surface area contributed by atoms with Crippen LogP contribution in [0.15, 0.2) is 41.6 Å². The summed E-state index contributed by atoms with van der Waals surface area (Å²) in [6, 6.07) is 0. The Balaban J connectivity index is 2.69. The molecule has 0 spiro atoms. The third-order valence-electron chi connectivity index (χ3n) is 1.66. The Labute approximate surface area is 80.6 Å². The fourth-order valence-electron chi connectivity index (χ4n) is 1.17. The number of rotatable bonds is 1. The van der Waals surface area contributed by atoms with Crippen molar-refractivity contribution < 1.29 is 0 Å². The fourth-order valence-corrected chi connectivity index (χ4v) is 1.17. The van der Waals surface area contributed by atoms with Gasteiger partial charge in [-0.05, 0) is 24.0 Å². The predicted octanol–water partition coefficient (Wildman–Crippen LogP) is 3.50. The SMILES string of the molecule is CC(C)(C)CC1=N/C=C\C=C/C=C\1. The molecule has 0 amide bonds. The average molecular weight is 175 g/mol. The van der Waals surface area contributed by atoms with Gasteiger partial charge in [-0.1, -0.05) is 39.0 Å². The van der Waals surface area contributed by atoms with Gasteiger partial charge in [-0.3, -0.25) is 4.99 Å². The largest absolute Gasteiger partial charge is 0.261 e. The number of hydrogen-bond acceptors (Lipinski definition) is 1. The van der Waals surface area contributed by atoms with Gasteiger partial charge in [-0.15, -0.1) is 0 Å². The Morgan fingerprint density at radius 2 is 1.77 bits per heavy atom. The number of allylic oxidation sites excluding steroid dienone is 5. The van der Waals surface area contributed by atoms with E-state index in [1.807, 2.05) is 30.5 Å². The highest BCUT2D eigenvalue weighted by atomic mass is 14.7. The van der Waals surface area contributed by atoms with Crippen LogP contribution in [-0.2, 0) is 0 Å². The first-order chi connectivity index (χ1) is 6.08. The van der Waals surface area contributed by atoms with Crippen LogP contribution in [0.25, 0.3) is 0 Å². The van der Waals surface area contributed by atoms with Gasteiger partial charge < -0.3 is 0 Å². The van der Waals surface area contributed by atoms with Crippen LogP contribution in [0.5, 0.6) is 0 Å². The molecule has 1 aliphatic heterocycles. The van der Waals surface area contributed by atoms with Gasteiger partial charge in [0.15, 0.2) is 0 Å². The van der Waals surface area contributed by atoms with Crippen molar-refractivity contribution in [2.75, 3.05) is 0 Å². The molecule has 13 heavy (non-hydrogen) atoms. The molecular weight excluding hydrogens is 158 g/mol. The van der Waals surface area contributed by atoms with Crippen LogP contribution < -0.4 is 0 Å². The molecule has 0 saturated carbocycles. The van der Waals surface area contributed by atoms with Gasteiger partial charge in [0.2, 0.25) is 0 Å². The normalized spacial score (nSPS) is 28.1. The molecule has 0 aromatic rings. The highest BCUT2D eigenvalue weighted by Crippen LogP contribution is 2.20. The summed E-state index contributed by atoms with van der Waals surface area (Å²) in [7, 11) is 0. The Hall–Kier alpha value is -1.11. The van der Waals surface area contributed by atoms with E-state index < -0.39 is 0 Å². The molecule has 0 aromatic carbocycles. The van der Waals surface area contributed by atoms with Crippen LogP contribution >= 0.6 is 0 Å². The van der Waals surface area contributed by atoms with E-state index in [-0.39, 0.29) is 0 Å². The molecule has 0 radical (unpaired) electrons. The van der Waals surface area contributed by atoms with Crippen molar-refractivity contribution in [2.45, 2.75) is 27.2 Å². The molecule has 0 bridgehead atoms. The molecule has 1 aliphatic rings. The first kappa shape index (κ1) is 9.97. The lowest BCUT2D eigenvalue weighted by atomic mass is 9.89. The third kappa shape index (κ3) is 4.46. The van der Waals surface area contributed by atoms with Gasteiger partial charge >= 0.3 is 0 Å². The van der Waals surface area contributed by atoms with Crippen molar-refractivity contribution in [2.24, 2.45) is 10.4 Å². The monoisotopic (exact) mass is 175 g/mol. The van der Waals surface area contributed by atoms with Gasteiger partial charge in [0.1, 0.15) is 0 Å². The second-order valence-electron chi connectivity index (χ2n) is 4.44. The van der Waals surface area contributed by atoms with Crippen molar-refractivity contribution in [3.05, 3.63) is 36.6 Å². The smallest absolute Gasteiger partial charge is 0.0408 e. The Morgan fingerprint density at radius 1 is 1.08 bits per heavy atom. The highest BCUT2D eigenvalue weighted by Gasteiger charge is 2.12. The topological polar surface area (TPSA) is 12.4 Å². The van der Waals surface area contributed by atoms with E-state index in [1.54, 1.807) is 0 Å². The van der Waals surface area contributed by atoms with E-state index >= 15 is 0 Å². The quantitative estimate of drug-likeness (QED) is 0.578. The second-order valence-corrected chi connectivity index (χ2v) is 4.44. The first-order valence-corrected chi connectivity index (χ1v) is 4.64. The minimum atomic E-state index is 0.305. The van der Waals surface area contributed by atoms with Gasteiger partial charge in [0.05, 0.1) is 0 Å². The van der Waals surface area contributed by atoms with Gasteiger partial charge in [-0.2, -0.15) is 0 Å². The molecule has 1 nitrogen and oxygen atoms in total. The maximum Gasteiger partial charge on any atom is 0.0408 e. The molecule has 0 aliphatic carbocycles. The molecule has 1 heterocycles. The van der Waals surface area contributed by atoms with E-state index in [1.165, 1.54) is 0 Å². The molecule has 0 saturated heterocycles. The van der Waals surface area contributed by atoms with Crippen LogP contribution in [-0.4, -0.2) is 5.71 Å². The van der Waals surface area contributed by atoms with Crippen molar-refractivity contribution in [3.8, 4) is 0 Å². The zero-order valence-electron chi connectivity index (χ0n) is 8.62. The molecule has 0 unspecified atom stereocenters. The molecule has 0 atom stereocenters. The van der Waals surface area contributed by atoms with Crippen LogP contribution in [0.2, 0.25) is 0 Å². The zero-order chi connectivity index (χ0) is 9.73. The minimum absolute atomic E-state index is 0.305. The van der Waals surface area contributed by atoms with Gasteiger partial charge in [-0.25, -0.2) is 0 Å². The Morgan fingerprint density at radius 3 is 2.46 bits per heavy atom. The summed E-state index contributed by atoms with van der Waals surface area (Å²) in [4.78, 5) is 4.37. The third-order valence-corrected chi connectivity index (χ3v) is 1.66. The summed E-state index contributed by atoms with van der Waals surface area (Å²) in [6.45, 7) is 6.67. The summed E-state index contributed by atoms with van der Waals surface area (Å²) >= 11 is 0. The lowest BCUT2D eigenvalue weighted by molar-refractivity contribution is 0.434. The summed E-state index contributed by atoms with van der Waals surface area (Å²) in [5.41, 5.74) is 1.45. The van der Waals surface area contributed by atoms with Gasteiger partial charge in [0, 0.05) is 11.9 Å². The summed E-state index contributed by atoms with van der Waals surface area (Å²) in [6.07, 6.45) is 12.9. The van der Waals surface area contributed by atoms with E-state index in [0.717, 1.165) is 12.1 Å². The average Bonchev–Trinajstić information content (AvgIpc) is 1.92. The molecule has 0 N–H and O–H groups in total. The van der Waals surface area contributed by atoms with Crippen LogP contribution in [0.4, 0.5) is 0 Å². The zero-order valence-corrected chi connectivity index (χ0v) is 8.62. The molecule has 0 fully saturated rings. The number of nitrogens with zero attached hydrogens (tertiary/aromatic N) is 1. The molecular formula is C12H17N. The molecule has 1 rings (SSSR count). The predicted molar refractivity (Wildman–Crippen MR) is 58.9 cm³/mol. The molecule has 1 heteroatoms. The van der Waals surface area contributed by atoms with Crippen molar-refractivity contribution in [3.63, 3.8) is 0 Å².